The van der Waals surface area contributed by atoms with Crippen LogP contribution >= 0.6 is 0 Å². The zero-order valence-corrected chi connectivity index (χ0v) is 13.0. The van der Waals surface area contributed by atoms with E-state index in [0.29, 0.717) is 13.1 Å². The molecule has 0 fully saturated rings. The minimum absolute atomic E-state index is 0.0177. The molecule has 3 amide bonds. The number of nitrogens with two attached hydrogens (primary N) is 1. The quantitative estimate of drug-likeness (QED) is 0.744. The number of hydrogen-bond donors (Lipinski definition) is 2. The topological polar surface area (TPSA) is 132 Å². The molecule has 0 spiro atoms. The van der Waals surface area contributed by atoms with Crippen molar-refractivity contribution in [2.24, 2.45) is 5.73 Å². The molecule has 0 aliphatic carbocycles. The Hall–Kier alpha value is -2.91. The average Bonchev–Trinajstić information content (AvgIpc) is 3.19. The largest absolute Gasteiger partial charge is 0.363 e. The molecule has 10 nitrogen and oxygen atoms in total. The summed E-state index contributed by atoms with van der Waals surface area (Å²) in [6.45, 7) is 5.63. The normalized spacial score (nSPS) is 10.5. The molecule has 0 saturated carbocycles. The third kappa shape index (κ3) is 4.28. The molecule has 2 rings (SSSR count). The monoisotopic (exact) mass is 321 g/mol. The van der Waals surface area contributed by atoms with Crippen LogP contribution in [0.25, 0.3) is 0 Å². The first-order valence-corrected chi connectivity index (χ1v) is 7.20. The fourth-order valence-corrected chi connectivity index (χ4v) is 1.90. The number of amides is 3. The molecule has 124 valence electrons. The highest BCUT2D eigenvalue weighted by Gasteiger charge is 2.15. The predicted molar refractivity (Wildman–Crippen MR) is 79.0 cm³/mol. The molecule has 0 aliphatic rings. The highest BCUT2D eigenvalue weighted by molar-refractivity contribution is 5.88. The molecule has 0 aliphatic heterocycles. The minimum Gasteiger partial charge on any atom is -0.363 e. The molecule has 10 heteroatoms. The molecular weight excluding hydrogens is 302 g/mol. The summed E-state index contributed by atoms with van der Waals surface area (Å²) in [5.41, 5.74) is 5.97. The highest BCUT2D eigenvalue weighted by atomic mass is 16.5. The number of primary amides is 1. The number of hydrogen-bond acceptors (Lipinski definition) is 6. The van der Waals surface area contributed by atoms with Gasteiger partial charge in [-0.05, 0) is 13.8 Å². The van der Waals surface area contributed by atoms with Gasteiger partial charge in [0.2, 0.25) is 5.89 Å². The fraction of sp³-hybridized carbons (Fsp3) is 0.462. The lowest BCUT2D eigenvalue weighted by molar-refractivity contribution is 0.0987. The number of nitrogens with one attached hydrogen (secondary N) is 1. The van der Waals surface area contributed by atoms with Crippen LogP contribution in [0, 0.1) is 0 Å². The molecule has 3 N–H and O–H groups in total. The molecule has 2 aromatic heterocycles. The predicted octanol–water partition coefficient (Wildman–Crippen LogP) is 0.117. The van der Waals surface area contributed by atoms with E-state index in [2.05, 4.69) is 20.6 Å². The van der Waals surface area contributed by atoms with E-state index in [-0.39, 0.29) is 24.3 Å². The van der Waals surface area contributed by atoms with Crippen LogP contribution in [0.1, 0.15) is 35.9 Å². The van der Waals surface area contributed by atoms with Gasteiger partial charge >= 0.3 is 6.03 Å². The fourth-order valence-electron chi connectivity index (χ4n) is 1.90. The number of carbonyl (C=O) groups is 2. The van der Waals surface area contributed by atoms with Gasteiger partial charge in [0.15, 0.2) is 0 Å². The van der Waals surface area contributed by atoms with E-state index in [4.69, 9.17) is 10.3 Å². The number of rotatable bonds is 7. The molecule has 0 radical (unpaired) electrons. The van der Waals surface area contributed by atoms with Crippen LogP contribution in [-0.4, -0.2) is 43.3 Å². The van der Waals surface area contributed by atoms with Crippen LogP contribution in [-0.2, 0) is 19.6 Å². The van der Waals surface area contributed by atoms with Gasteiger partial charge in [-0.1, -0.05) is 5.16 Å². The van der Waals surface area contributed by atoms with Crippen molar-refractivity contribution < 1.29 is 14.1 Å². The van der Waals surface area contributed by atoms with Crippen LogP contribution in [0.3, 0.4) is 0 Å². The van der Waals surface area contributed by atoms with Crippen molar-refractivity contribution in [1.29, 1.82) is 0 Å². The summed E-state index contributed by atoms with van der Waals surface area (Å²) in [6.07, 6.45) is 3.63. The van der Waals surface area contributed by atoms with Gasteiger partial charge in [0.05, 0.1) is 19.3 Å². The van der Waals surface area contributed by atoms with E-state index in [1.165, 1.54) is 0 Å². The summed E-state index contributed by atoms with van der Waals surface area (Å²) in [6, 6.07) is -0.282. The Balaban J connectivity index is 1.90. The first kappa shape index (κ1) is 16.5. The summed E-state index contributed by atoms with van der Waals surface area (Å²) < 4.78 is 6.61. The van der Waals surface area contributed by atoms with Gasteiger partial charge in [-0.15, -0.1) is 0 Å². The Kier molecular flexibility index (Phi) is 5.28. The summed E-state index contributed by atoms with van der Waals surface area (Å²) in [5.74, 6) is -0.884. The van der Waals surface area contributed by atoms with Gasteiger partial charge in [0, 0.05) is 24.8 Å². The molecule has 0 saturated heterocycles. The number of aromatic nitrogens is 4. The molecule has 2 aromatic rings. The van der Waals surface area contributed by atoms with Gasteiger partial charge in [0.1, 0.15) is 0 Å². The number of aryl methyl sites for hydroxylation is 1. The van der Waals surface area contributed by atoms with E-state index < -0.39 is 5.91 Å². The third-order valence-electron chi connectivity index (χ3n) is 3.13. The van der Waals surface area contributed by atoms with E-state index in [0.717, 1.165) is 12.1 Å². The summed E-state index contributed by atoms with van der Waals surface area (Å²) in [5, 5.41) is 10.2. The van der Waals surface area contributed by atoms with Crippen LogP contribution in [0.2, 0.25) is 0 Å². The second-order valence-corrected chi connectivity index (χ2v) is 4.75. The molecule has 0 unspecified atom stereocenters. The lowest BCUT2D eigenvalue weighted by atomic mass is 10.3. The van der Waals surface area contributed by atoms with E-state index in [1.54, 1.807) is 15.8 Å². The zero-order valence-electron chi connectivity index (χ0n) is 13.0. The summed E-state index contributed by atoms with van der Waals surface area (Å²) >= 11 is 0. The van der Waals surface area contributed by atoms with Crippen LogP contribution < -0.4 is 11.1 Å². The Morgan fingerprint density at radius 1 is 1.43 bits per heavy atom. The highest BCUT2D eigenvalue weighted by Crippen LogP contribution is 2.05. The summed E-state index contributed by atoms with van der Waals surface area (Å²) in [4.78, 5) is 28.4. The van der Waals surface area contributed by atoms with Gasteiger partial charge < -0.3 is 20.5 Å². The standard InChI is InChI=1S/C13H19N7O3/c1-3-19(7-9-5-16-20(4-2)8-9)13(22)15-6-10-17-12(11(14)21)18-23-10/h5,8H,3-4,6-7H2,1-2H3,(H2,14,21)(H,15,22). The maximum Gasteiger partial charge on any atom is 0.318 e. The van der Waals surface area contributed by atoms with E-state index in [9.17, 15) is 9.59 Å². The second kappa shape index (κ2) is 7.38. The lowest BCUT2D eigenvalue weighted by Gasteiger charge is -2.20. The average molecular weight is 321 g/mol. The van der Waals surface area contributed by atoms with Crippen molar-refractivity contribution in [3.63, 3.8) is 0 Å². The van der Waals surface area contributed by atoms with E-state index >= 15 is 0 Å². The van der Waals surface area contributed by atoms with Crippen molar-refractivity contribution in [3.05, 3.63) is 29.7 Å². The van der Waals surface area contributed by atoms with Crippen molar-refractivity contribution in [2.75, 3.05) is 6.54 Å². The molecule has 0 bridgehead atoms. The maximum atomic E-state index is 12.2. The molecule has 2 heterocycles. The Morgan fingerprint density at radius 2 is 2.22 bits per heavy atom. The number of nitrogens with zero attached hydrogens (tertiary/aromatic N) is 5. The molecule has 23 heavy (non-hydrogen) atoms. The molecule has 0 aromatic carbocycles. The van der Waals surface area contributed by atoms with Crippen molar-refractivity contribution in [2.45, 2.75) is 33.5 Å². The summed E-state index contributed by atoms with van der Waals surface area (Å²) in [7, 11) is 0. The van der Waals surface area contributed by atoms with Crippen molar-refractivity contribution >= 4 is 11.9 Å². The minimum atomic E-state index is -0.783. The van der Waals surface area contributed by atoms with Gasteiger partial charge in [0.25, 0.3) is 11.7 Å². The van der Waals surface area contributed by atoms with Gasteiger partial charge in [-0.25, -0.2) is 4.79 Å². The Morgan fingerprint density at radius 3 is 2.78 bits per heavy atom. The van der Waals surface area contributed by atoms with Crippen LogP contribution in [0.5, 0.6) is 0 Å². The smallest absolute Gasteiger partial charge is 0.318 e. The number of urea groups is 1. The second-order valence-electron chi connectivity index (χ2n) is 4.75. The Bertz CT molecular complexity index is 679. The molecular formula is C13H19N7O3. The van der Waals surface area contributed by atoms with Crippen LogP contribution in [0.4, 0.5) is 4.79 Å². The maximum absolute atomic E-state index is 12.2. The van der Waals surface area contributed by atoms with Crippen molar-refractivity contribution in [3.8, 4) is 0 Å². The van der Waals surface area contributed by atoms with Crippen molar-refractivity contribution in [1.82, 2.24) is 30.1 Å². The Labute approximate surface area is 132 Å². The third-order valence-corrected chi connectivity index (χ3v) is 3.13. The zero-order chi connectivity index (χ0) is 16.8. The van der Waals surface area contributed by atoms with Gasteiger partial charge in [-0.3, -0.25) is 9.48 Å². The van der Waals surface area contributed by atoms with E-state index in [1.807, 2.05) is 20.0 Å². The SMILES string of the molecule is CCN(Cc1cnn(CC)c1)C(=O)NCc1nc(C(N)=O)no1. The first-order valence-electron chi connectivity index (χ1n) is 7.20. The van der Waals surface area contributed by atoms with Crippen LogP contribution in [0.15, 0.2) is 16.9 Å². The lowest BCUT2D eigenvalue weighted by Crippen LogP contribution is -2.39. The molecule has 0 atom stereocenters. The van der Waals surface area contributed by atoms with Gasteiger partial charge in [-0.2, -0.15) is 10.1 Å². The number of carbonyl (C=O) groups excluding carboxylic acids is 2. The first-order chi connectivity index (χ1) is 11.0.